The minimum atomic E-state index is -0.668. The number of rotatable bonds is 11. The molecule has 2 amide bonds. The molecular weight excluding hydrogens is 564 g/mol. The first-order valence-electron chi connectivity index (χ1n) is 13.0. The average Bonchev–Trinajstić information content (AvgIpc) is 3.36. The number of hydrogen-bond donors (Lipinski definition) is 3. The summed E-state index contributed by atoms with van der Waals surface area (Å²) in [4.78, 5) is 43.2. The number of aromatic nitrogens is 1. The van der Waals surface area contributed by atoms with Gasteiger partial charge in [0, 0.05) is 24.1 Å². The van der Waals surface area contributed by atoms with Crippen molar-refractivity contribution in [3.63, 3.8) is 0 Å². The third-order valence-electron chi connectivity index (χ3n) is 6.84. The Hall–Kier alpha value is -3.77. The molecule has 0 radical (unpaired) electrons. The number of aryl methyl sites for hydroxylation is 1. The number of thioether (sulfide) groups is 1. The Labute approximate surface area is 247 Å². The van der Waals surface area contributed by atoms with Gasteiger partial charge in [-0.25, -0.2) is 4.98 Å². The van der Waals surface area contributed by atoms with Crippen LogP contribution in [0.5, 0.6) is 17.2 Å². The standard InChI is InChI=1S/C29H34N4O6S2/c1-16(34)31-20-8-6-17-14-24(37-2)26(38-3)27(39-4)25(17)18-7-9-21(23(35)15-19(18)20)32-22(10-12-40-5)28(36)33-29-30-11-13-41-29/h7,9,11,13-15,20,22H,6,8,10,12H2,1-5H3,(H,31,34)(H,32,35)(H,30,33,36). The van der Waals surface area contributed by atoms with Gasteiger partial charge in [0.1, 0.15) is 6.04 Å². The van der Waals surface area contributed by atoms with E-state index in [9.17, 15) is 14.4 Å². The largest absolute Gasteiger partial charge is 0.493 e. The Morgan fingerprint density at radius 3 is 2.56 bits per heavy atom. The van der Waals surface area contributed by atoms with Crippen molar-refractivity contribution in [2.75, 3.05) is 44.0 Å². The van der Waals surface area contributed by atoms with Gasteiger partial charge in [-0.15, -0.1) is 11.3 Å². The van der Waals surface area contributed by atoms with Crippen LogP contribution in [0.1, 0.15) is 36.9 Å². The Bertz CT molecular complexity index is 1460. The van der Waals surface area contributed by atoms with E-state index in [4.69, 9.17) is 14.2 Å². The van der Waals surface area contributed by atoms with Gasteiger partial charge in [0.25, 0.3) is 0 Å². The van der Waals surface area contributed by atoms with Crippen LogP contribution in [0.25, 0.3) is 11.1 Å². The number of nitrogens with one attached hydrogen (secondary N) is 3. The summed E-state index contributed by atoms with van der Waals surface area (Å²) in [6.07, 6.45) is 5.23. The van der Waals surface area contributed by atoms with Gasteiger partial charge in [-0.1, -0.05) is 6.07 Å². The summed E-state index contributed by atoms with van der Waals surface area (Å²) in [5.74, 6) is 1.66. The molecule has 2 unspecified atom stereocenters. The van der Waals surface area contributed by atoms with E-state index in [-0.39, 0.29) is 22.9 Å². The molecule has 0 bridgehead atoms. The molecule has 218 valence electrons. The summed E-state index contributed by atoms with van der Waals surface area (Å²) < 4.78 is 17.1. The molecule has 0 fully saturated rings. The topological polar surface area (TPSA) is 128 Å². The Kier molecular flexibility index (Phi) is 10.1. The predicted molar refractivity (Wildman–Crippen MR) is 164 cm³/mol. The van der Waals surface area contributed by atoms with E-state index in [0.29, 0.717) is 58.5 Å². The quantitative estimate of drug-likeness (QED) is 0.292. The van der Waals surface area contributed by atoms with Gasteiger partial charge in [-0.2, -0.15) is 11.8 Å². The smallest absolute Gasteiger partial charge is 0.248 e. The molecule has 4 rings (SSSR count). The lowest BCUT2D eigenvalue weighted by Gasteiger charge is -2.19. The van der Waals surface area contributed by atoms with Crippen molar-refractivity contribution in [1.29, 1.82) is 0 Å². The number of methoxy groups -OCH3 is 3. The normalized spacial score (nSPS) is 14.5. The zero-order valence-electron chi connectivity index (χ0n) is 23.7. The molecule has 1 aliphatic rings. The van der Waals surface area contributed by atoms with Gasteiger partial charge in [0.15, 0.2) is 16.6 Å². The lowest BCUT2D eigenvalue weighted by atomic mass is 9.95. The number of thiazole rings is 1. The van der Waals surface area contributed by atoms with Gasteiger partial charge >= 0.3 is 0 Å². The molecule has 0 spiro atoms. The summed E-state index contributed by atoms with van der Waals surface area (Å²) in [5.41, 5.74) is 3.02. The molecule has 0 saturated heterocycles. The van der Waals surface area contributed by atoms with Crippen LogP contribution >= 0.6 is 23.1 Å². The first kappa shape index (κ1) is 30.2. The van der Waals surface area contributed by atoms with Crippen molar-refractivity contribution in [3.8, 4) is 28.4 Å². The van der Waals surface area contributed by atoms with E-state index in [1.807, 2.05) is 18.4 Å². The number of anilines is 2. The fourth-order valence-electron chi connectivity index (χ4n) is 5.00. The van der Waals surface area contributed by atoms with Crippen LogP contribution in [-0.2, 0) is 16.0 Å². The molecule has 10 nitrogen and oxygen atoms in total. The van der Waals surface area contributed by atoms with Crippen molar-refractivity contribution < 1.29 is 23.8 Å². The second-order valence-electron chi connectivity index (χ2n) is 9.40. The highest BCUT2D eigenvalue weighted by Gasteiger charge is 2.30. The molecule has 0 saturated carbocycles. The van der Waals surface area contributed by atoms with Gasteiger partial charge in [-0.05, 0) is 66.2 Å². The lowest BCUT2D eigenvalue weighted by molar-refractivity contribution is -0.120. The summed E-state index contributed by atoms with van der Waals surface area (Å²) in [6.45, 7) is 1.45. The van der Waals surface area contributed by atoms with Gasteiger partial charge in [-0.3, -0.25) is 14.4 Å². The molecule has 12 heteroatoms. The number of hydrogen-bond acceptors (Lipinski definition) is 10. The van der Waals surface area contributed by atoms with Crippen molar-refractivity contribution in [3.05, 3.63) is 57.2 Å². The fraction of sp³-hybridized carbons (Fsp3) is 0.379. The number of carbonyl (C=O) groups excluding carboxylic acids is 2. The van der Waals surface area contributed by atoms with Gasteiger partial charge in [0.05, 0.1) is 33.1 Å². The van der Waals surface area contributed by atoms with Crippen molar-refractivity contribution in [1.82, 2.24) is 10.3 Å². The highest BCUT2D eigenvalue weighted by molar-refractivity contribution is 7.98. The Morgan fingerprint density at radius 2 is 1.93 bits per heavy atom. The van der Waals surface area contributed by atoms with E-state index in [0.717, 1.165) is 11.1 Å². The second kappa shape index (κ2) is 13.7. The van der Waals surface area contributed by atoms with Crippen LogP contribution in [0.3, 0.4) is 0 Å². The van der Waals surface area contributed by atoms with E-state index in [2.05, 4.69) is 20.9 Å². The molecule has 1 aliphatic carbocycles. The molecule has 3 aromatic rings. The van der Waals surface area contributed by atoms with Crippen LogP contribution < -0.4 is 35.6 Å². The zero-order chi connectivity index (χ0) is 29.5. The summed E-state index contributed by atoms with van der Waals surface area (Å²) >= 11 is 2.94. The third-order valence-corrected chi connectivity index (χ3v) is 8.17. The minimum absolute atomic E-state index is 0.206. The lowest BCUT2D eigenvalue weighted by Crippen LogP contribution is -2.36. The maximum Gasteiger partial charge on any atom is 0.248 e. The molecular formula is C29H34N4O6S2. The molecule has 2 aromatic carbocycles. The Morgan fingerprint density at radius 1 is 1.15 bits per heavy atom. The Balaban J connectivity index is 1.86. The molecule has 0 aliphatic heterocycles. The van der Waals surface area contributed by atoms with E-state index in [1.165, 1.54) is 24.3 Å². The van der Waals surface area contributed by atoms with Crippen LogP contribution in [0, 0.1) is 0 Å². The van der Waals surface area contributed by atoms with Crippen LogP contribution in [0.15, 0.2) is 40.6 Å². The first-order valence-corrected chi connectivity index (χ1v) is 15.3. The number of benzene rings is 1. The van der Waals surface area contributed by atoms with Gasteiger partial charge in [0.2, 0.25) is 23.0 Å². The fourth-order valence-corrected chi connectivity index (χ4v) is 6.00. The van der Waals surface area contributed by atoms with Crippen molar-refractivity contribution in [2.24, 2.45) is 0 Å². The molecule has 2 atom stereocenters. The molecule has 1 heterocycles. The van der Waals surface area contributed by atoms with Crippen LogP contribution in [0.4, 0.5) is 10.8 Å². The van der Waals surface area contributed by atoms with Gasteiger partial charge < -0.3 is 30.2 Å². The zero-order valence-corrected chi connectivity index (χ0v) is 25.3. The van der Waals surface area contributed by atoms with E-state index >= 15 is 0 Å². The highest BCUT2D eigenvalue weighted by atomic mass is 32.2. The second-order valence-corrected chi connectivity index (χ2v) is 11.3. The van der Waals surface area contributed by atoms with Crippen molar-refractivity contribution in [2.45, 2.75) is 38.3 Å². The molecule has 3 N–H and O–H groups in total. The third kappa shape index (κ3) is 6.76. The number of nitrogens with zero attached hydrogens (tertiary/aromatic N) is 1. The summed E-state index contributed by atoms with van der Waals surface area (Å²) in [6, 6.07) is 5.86. The SMILES string of the molecule is COc1cc2c(c(OC)c1OC)-c1ccc(NC(CCSC)C(=O)Nc3nccs3)c(=O)cc1C(NC(C)=O)CC2. The highest BCUT2D eigenvalue weighted by Crippen LogP contribution is 2.50. The predicted octanol–water partition coefficient (Wildman–Crippen LogP) is 4.49. The number of fused-ring (bicyclic) bond motifs is 3. The van der Waals surface area contributed by atoms with Crippen molar-refractivity contribution >= 4 is 45.7 Å². The first-order chi connectivity index (χ1) is 19.8. The molecule has 1 aromatic heterocycles. The maximum absolute atomic E-state index is 13.7. The van der Waals surface area contributed by atoms with E-state index < -0.39 is 12.1 Å². The average molecular weight is 599 g/mol. The number of carbonyl (C=O) groups is 2. The monoisotopic (exact) mass is 598 g/mol. The van der Waals surface area contributed by atoms with E-state index in [1.54, 1.807) is 50.7 Å². The summed E-state index contributed by atoms with van der Waals surface area (Å²) in [7, 11) is 4.66. The molecule has 41 heavy (non-hydrogen) atoms. The number of amides is 2. The van der Waals surface area contributed by atoms with Crippen LogP contribution in [0.2, 0.25) is 0 Å². The van der Waals surface area contributed by atoms with Crippen LogP contribution in [-0.4, -0.2) is 56.2 Å². The summed E-state index contributed by atoms with van der Waals surface area (Å²) in [5, 5.41) is 11.3. The maximum atomic E-state index is 13.7. The minimum Gasteiger partial charge on any atom is -0.493 e. The number of ether oxygens (including phenoxy) is 3.